The lowest BCUT2D eigenvalue weighted by atomic mass is 10.1. The molecule has 0 spiro atoms. The Morgan fingerprint density at radius 2 is 2.10 bits per heavy atom. The Hall–Kier alpha value is 0.210. The minimum absolute atomic E-state index is 0. The van der Waals surface area contributed by atoms with E-state index in [1.54, 1.807) is 0 Å². The van der Waals surface area contributed by atoms with Crippen LogP contribution in [0.4, 0.5) is 0 Å². The minimum Gasteiger partial charge on any atom is -0.315 e. The van der Waals surface area contributed by atoms with Crippen LogP contribution in [0.3, 0.4) is 0 Å². The Balaban J connectivity index is 0.000000810. The first-order valence-electron chi connectivity index (χ1n) is 3.68. The van der Waals surface area contributed by atoms with Gasteiger partial charge in [0, 0.05) is 12.6 Å². The monoisotopic (exact) mass is 164 g/mol. The van der Waals surface area contributed by atoms with Gasteiger partial charge in [-0.05, 0) is 33.5 Å². The van der Waals surface area contributed by atoms with E-state index < -0.39 is 0 Å². The minimum atomic E-state index is 0. The third-order valence-electron chi connectivity index (χ3n) is 2.00. The summed E-state index contributed by atoms with van der Waals surface area (Å²) in [6.45, 7) is 2.39. The van der Waals surface area contributed by atoms with Gasteiger partial charge >= 0.3 is 0 Å². The normalized spacial score (nSPS) is 26.1. The molecule has 10 heavy (non-hydrogen) atoms. The van der Waals surface area contributed by atoms with Crippen LogP contribution in [0.5, 0.6) is 0 Å². The fourth-order valence-corrected chi connectivity index (χ4v) is 1.27. The molecule has 0 amide bonds. The molecule has 1 rings (SSSR count). The number of nitrogens with one attached hydrogen (secondary N) is 1. The smallest absolute Gasteiger partial charge is 0.0215 e. The maximum atomic E-state index is 3.37. The Morgan fingerprint density at radius 3 is 2.40 bits per heavy atom. The van der Waals surface area contributed by atoms with Crippen LogP contribution in [0.1, 0.15) is 12.8 Å². The summed E-state index contributed by atoms with van der Waals surface area (Å²) in [5.74, 6) is 0. The summed E-state index contributed by atoms with van der Waals surface area (Å²) >= 11 is 0. The van der Waals surface area contributed by atoms with Crippen LogP contribution < -0.4 is 5.32 Å². The molecule has 0 bridgehead atoms. The third kappa shape index (κ3) is 2.86. The van der Waals surface area contributed by atoms with Gasteiger partial charge in [0.15, 0.2) is 0 Å². The van der Waals surface area contributed by atoms with Crippen LogP contribution in [-0.2, 0) is 0 Å². The number of nitrogens with zero attached hydrogens (tertiary/aromatic N) is 1. The van der Waals surface area contributed by atoms with Crippen molar-refractivity contribution in [1.29, 1.82) is 0 Å². The van der Waals surface area contributed by atoms with Crippen molar-refractivity contribution < 1.29 is 0 Å². The van der Waals surface area contributed by atoms with Crippen molar-refractivity contribution in [3.05, 3.63) is 0 Å². The highest BCUT2D eigenvalue weighted by Gasteiger charge is 2.13. The SMILES string of the molecule is CN(C)[C@@H]1CCCNC1.Cl. The molecule has 1 aliphatic rings. The molecule has 1 heterocycles. The van der Waals surface area contributed by atoms with Gasteiger partial charge in [0.1, 0.15) is 0 Å². The standard InChI is InChI=1S/C7H16N2.ClH/c1-9(2)7-4-3-5-8-6-7;/h7-8H,3-6H2,1-2H3;1H/t7-;/m1./s1. The molecule has 62 valence electrons. The molecule has 0 aromatic rings. The molecule has 1 fully saturated rings. The zero-order valence-corrected chi connectivity index (χ0v) is 7.58. The highest BCUT2D eigenvalue weighted by molar-refractivity contribution is 5.85. The quantitative estimate of drug-likeness (QED) is 0.615. The maximum absolute atomic E-state index is 3.37. The summed E-state index contributed by atoms with van der Waals surface area (Å²) in [5.41, 5.74) is 0. The zero-order valence-electron chi connectivity index (χ0n) is 6.76. The molecule has 2 nitrogen and oxygen atoms in total. The average molecular weight is 165 g/mol. The largest absolute Gasteiger partial charge is 0.315 e. The molecule has 0 aromatic heterocycles. The molecule has 0 unspecified atom stereocenters. The second kappa shape index (κ2) is 4.94. The Labute approximate surface area is 69.4 Å². The van der Waals surface area contributed by atoms with E-state index in [9.17, 15) is 0 Å². The van der Waals surface area contributed by atoms with E-state index in [0.717, 1.165) is 6.04 Å². The van der Waals surface area contributed by atoms with Crippen molar-refractivity contribution in [2.75, 3.05) is 27.2 Å². The number of rotatable bonds is 1. The number of likely N-dealkylation sites (N-methyl/N-ethyl adjacent to an activating group) is 1. The lowest BCUT2D eigenvalue weighted by Crippen LogP contribution is -2.42. The van der Waals surface area contributed by atoms with Gasteiger partial charge in [0.05, 0.1) is 0 Å². The third-order valence-corrected chi connectivity index (χ3v) is 2.00. The van der Waals surface area contributed by atoms with Gasteiger partial charge in [-0.15, -0.1) is 12.4 Å². The first-order chi connectivity index (χ1) is 4.30. The highest BCUT2D eigenvalue weighted by atomic mass is 35.5. The number of halogens is 1. The van der Waals surface area contributed by atoms with E-state index in [4.69, 9.17) is 0 Å². The Kier molecular flexibility index (Phi) is 5.04. The van der Waals surface area contributed by atoms with Gasteiger partial charge in [-0.3, -0.25) is 0 Å². The van der Waals surface area contributed by atoms with E-state index in [-0.39, 0.29) is 12.4 Å². The lowest BCUT2D eigenvalue weighted by Gasteiger charge is -2.28. The van der Waals surface area contributed by atoms with Crippen molar-refractivity contribution in [3.63, 3.8) is 0 Å². The first-order valence-corrected chi connectivity index (χ1v) is 3.68. The fourth-order valence-electron chi connectivity index (χ4n) is 1.27. The van der Waals surface area contributed by atoms with Gasteiger partial charge in [-0.25, -0.2) is 0 Å². The fraction of sp³-hybridized carbons (Fsp3) is 1.00. The molecule has 3 heteroatoms. The van der Waals surface area contributed by atoms with Gasteiger partial charge in [-0.2, -0.15) is 0 Å². The van der Waals surface area contributed by atoms with Crippen molar-refractivity contribution in [1.82, 2.24) is 10.2 Å². The Morgan fingerprint density at radius 1 is 1.40 bits per heavy atom. The number of piperidine rings is 1. The van der Waals surface area contributed by atoms with Crippen LogP contribution >= 0.6 is 12.4 Å². The molecule has 1 saturated heterocycles. The predicted molar refractivity (Wildman–Crippen MR) is 46.8 cm³/mol. The average Bonchev–Trinajstić information content (AvgIpc) is 1.90. The summed E-state index contributed by atoms with van der Waals surface area (Å²) in [6.07, 6.45) is 2.70. The topological polar surface area (TPSA) is 15.3 Å². The Bertz CT molecular complexity index is 79.7. The summed E-state index contributed by atoms with van der Waals surface area (Å²) in [5, 5.41) is 3.37. The summed E-state index contributed by atoms with van der Waals surface area (Å²) in [6, 6.07) is 0.777. The molecule has 0 radical (unpaired) electrons. The van der Waals surface area contributed by atoms with Crippen LogP contribution in [0.15, 0.2) is 0 Å². The van der Waals surface area contributed by atoms with Crippen LogP contribution in [0.2, 0.25) is 0 Å². The second-order valence-electron chi connectivity index (χ2n) is 2.96. The van der Waals surface area contributed by atoms with E-state index in [1.807, 2.05) is 0 Å². The first kappa shape index (κ1) is 10.2. The van der Waals surface area contributed by atoms with Gasteiger partial charge in [0.25, 0.3) is 0 Å². The van der Waals surface area contributed by atoms with Crippen molar-refractivity contribution >= 4 is 12.4 Å². The summed E-state index contributed by atoms with van der Waals surface area (Å²) < 4.78 is 0. The summed E-state index contributed by atoms with van der Waals surface area (Å²) in [4.78, 5) is 2.30. The van der Waals surface area contributed by atoms with E-state index in [1.165, 1.54) is 25.9 Å². The van der Waals surface area contributed by atoms with Crippen molar-refractivity contribution in [3.8, 4) is 0 Å². The van der Waals surface area contributed by atoms with Gasteiger partial charge in [0.2, 0.25) is 0 Å². The molecule has 0 aromatic carbocycles. The predicted octanol–water partition coefficient (Wildman–Crippen LogP) is 0.722. The van der Waals surface area contributed by atoms with E-state index >= 15 is 0 Å². The van der Waals surface area contributed by atoms with Crippen molar-refractivity contribution in [2.45, 2.75) is 18.9 Å². The number of hydrogen-bond acceptors (Lipinski definition) is 2. The molecule has 0 aliphatic carbocycles. The lowest BCUT2D eigenvalue weighted by molar-refractivity contribution is 0.242. The highest BCUT2D eigenvalue weighted by Crippen LogP contribution is 2.05. The van der Waals surface area contributed by atoms with Crippen LogP contribution in [-0.4, -0.2) is 38.1 Å². The van der Waals surface area contributed by atoms with E-state index in [0.29, 0.717) is 0 Å². The van der Waals surface area contributed by atoms with Crippen LogP contribution in [0.25, 0.3) is 0 Å². The van der Waals surface area contributed by atoms with Crippen molar-refractivity contribution in [2.24, 2.45) is 0 Å². The molecule has 0 saturated carbocycles. The molecular weight excluding hydrogens is 148 g/mol. The molecule has 1 atom stereocenters. The second-order valence-corrected chi connectivity index (χ2v) is 2.96. The van der Waals surface area contributed by atoms with Crippen LogP contribution in [0, 0.1) is 0 Å². The van der Waals surface area contributed by atoms with E-state index in [2.05, 4.69) is 24.3 Å². The molecular formula is C7H17ClN2. The number of hydrogen-bond donors (Lipinski definition) is 1. The summed E-state index contributed by atoms with van der Waals surface area (Å²) in [7, 11) is 4.30. The maximum Gasteiger partial charge on any atom is 0.0215 e. The molecule has 1 aliphatic heterocycles. The molecule has 1 N–H and O–H groups in total. The zero-order chi connectivity index (χ0) is 6.69. The van der Waals surface area contributed by atoms with Gasteiger partial charge in [-0.1, -0.05) is 0 Å². The van der Waals surface area contributed by atoms with Gasteiger partial charge < -0.3 is 10.2 Å².